The number of hydrogen-bond acceptors (Lipinski definition) is 6. The number of ether oxygens (including phenoxy) is 2. The summed E-state index contributed by atoms with van der Waals surface area (Å²) in [5, 5.41) is 3.05. The number of carbonyl (C=O) groups excluding carboxylic acids is 1. The van der Waals surface area contributed by atoms with Crippen molar-refractivity contribution in [2.24, 2.45) is 0 Å². The smallest absolute Gasteiger partial charge is 0.255 e. The topological polar surface area (TPSA) is 66.9 Å². The molecule has 7 nitrogen and oxygen atoms in total. The molecule has 2 aliphatic heterocycles. The second-order valence-corrected chi connectivity index (χ2v) is 8.05. The van der Waals surface area contributed by atoms with Crippen molar-refractivity contribution in [2.75, 3.05) is 57.4 Å². The zero-order valence-electron chi connectivity index (χ0n) is 18.1. The Bertz CT molecular complexity index is 848. The van der Waals surface area contributed by atoms with Crippen molar-refractivity contribution in [2.45, 2.75) is 25.8 Å². The van der Waals surface area contributed by atoms with E-state index >= 15 is 0 Å². The number of carbonyl (C=O) groups is 1. The Hall–Kier alpha value is -2.64. The van der Waals surface area contributed by atoms with Crippen LogP contribution in [0.15, 0.2) is 42.6 Å². The van der Waals surface area contributed by atoms with E-state index in [0.717, 1.165) is 75.9 Å². The molecule has 1 aromatic carbocycles. The predicted molar refractivity (Wildman–Crippen MR) is 121 cm³/mol. The molecule has 3 heterocycles. The molecule has 0 saturated carbocycles. The normalized spacial score (nSPS) is 17.4. The quantitative estimate of drug-likeness (QED) is 0.703. The first-order valence-corrected chi connectivity index (χ1v) is 11.3. The molecule has 1 N–H and O–H groups in total. The number of nitrogens with zero attached hydrogens (tertiary/aromatic N) is 3. The Morgan fingerprint density at radius 3 is 2.74 bits per heavy atom. The van der Waals surface area contributed by atoms with Crippen LogP contribution in [0.3, 0.4) is 0 Å². The maximum atomic E-state index is 12.9. The van der Waals surface area contributed by atoms with E-state index < -0.39 is 0 Å². The van der Waals surface area contributed by atoms with Crippen molar-refractivity contribution >= 4 is 11.7 Å². The van der Waals surface area contributed by atoms with E-state index in [2.05, 4.69) is 20.1 Å². The number of morpholine rings is 1. The van der Waals surface area contributed by atoms with Gasteiger partial charge in [-0.25, -0.2) is 4.98 Å². The van der Waals surface area contributed by atoms with Crippen LogP contribution in [0.5, 0.6) is 5.75 Å². The summed E-state index contributed by atoms with van der Waals surface area (Å²) in [6, 6.07) is 11.6. The zero-order chi connectivity index (χ0) is 21.3. The SMILES string of the molecule is O=C(NCc1cccc(OCCN2CCOCC2)c1)c1cccnc1N1CCCCC1. The van der Waals surface area contributed by atoms with Crippen molar-refractivity contribution in [1.82, 2.24) is 15.2 Å². The lowest BCUT2D eigenvalue weighted by Gasteiger charge is -2.29. The van der Waals surface area contributed by atoms with Gasteiger partial charge in [0.05, 0.1) is 18.8 Å². The summed E-state index contributed by atoms with van der Waals surface area (Å²) < 4.78 is 11.3. The van der Waals surface area contributed by atoms with Crippen molar-refractivity contribution < 1.29 is 14.3 Å². The van der Waals surface area contributed by atoms with E-state index in [-0.39, 0.29) is 5.91 Å². The highest BCUT2D eigenvalue weighted by atomic mass is 16.5. The Kier molecular flexibility index (Phi) is 7.74. The number of hydrogen-bond donors (Lipinski definition) is 1. The lowest BCUT2D eigenvalue weighted by atomic mass is 10.1. The van der Waals surface area contributed by atoms with Gasteiger partial charge in [0, 0.05) is 45.5 Å². The molecule has 166 valence electrons. The third-order valence-electron chi connectivity index (χ3n) is 5.82. The predicted octanol–water partition coefficient (Wildman–Crippen LogP) is 2.71. The van der Waals surface area contributed by atoms with Crippen molar-refractivity contribution in [3.8, 4) is 5.75 Å². The van der Waals surface area contributed by atoms with Crippen LogP contribution < -0.4 is 15.0 Å². The first kappa shape index (κ1) is 21.6. The van der Waals surface area contributed by atoms with E-state index in [1.54, 1.807) is 6.20 Å². The van der Waals surface area contributed by atoms with E-state index in [0.29, 0.717) is 18.7 Å². The van der Waals surface area contributed by atoms with Crippen molar-refractivity contribution in [3.63, 3.8) is 0 Å². The van der Waals surface area contributed by atoms with Gasteiger partial charge in [-0.3, -0.25) is 9.69 Å². The van der Waals surface area contributed by atoms with Gasteiger partial charge in [0.15, 0.2) is 0 Å². The Morgan fingerprint density at radius 1 is 1.06 bits per heavy atom. The molecule has 4 rings (SSSR count). The second-order valence-electron chi connectivity index (χ2n) is 8.05. The summed E-state index contributed by atoms with van der Waals surface area (Å²) in [7, 11) is 0. The molecule has 0 atom stereocenters. The molecule has 0 unspecified atom stereocenters. The van der Waals surface area contributed by atoms with Gasteiger partial charge < -0.3 is 19.7 Å². The van der Waals surface area contributed by atoms with Gasteiger partial charge in [-0.2, -0.15) is 0 Å². The van der Waals surface area contributed by atoms with Crippen LogP contribution in [0.1, 0.15) is 35.2 Å². The molecular weight excluding hydrogens is 392 g/mol. The molecule has 2 fully saturated rings. The molecule has 2 aliphatic rings. The number of benzene rings is 1. The maximum absolute atomic E-state index is 12.9. The molecule has 2 saturated heterocycles. The Morgan fingerprint density at radius 2 is 1.90 bits per heavy atom. The fourth-order valence-electron chi connectivity index (χ4n) is 4.07. The molecule has 0 spiro atoms. The van der Waals surface area contributed by atoms with Gasteiger partial charge in [0.25, 0.3) is 5.91 Å². The lowest BCUT2D eigenvalue weighted by Crippen LogP contribution is -2.38. The van der Waals surface area contributed by atoms with Gasteiger partial charge in [0.1, 0.15) is 18.2 Å². The van der Waals surface area contributed by atoms with Gasteiger partial charge in [-0.1, -0.05) is 12.1 Å². The fourth-order valence-corrected chi connectivity index (χ4v) is 4.07. The first-order valence-electron chi connectivity index (χ1n) is 11.3. The van der Waals surface area contributed by atoms with Crippen LogP contribution in [0, 0.1) is 0 Å². The lowest BCUT2D eigenvalue weighted by molar-refractivity contribution is 0.0322. The highest BCUT2D eigenvalue weighted by molar-refractivity contribution is 5.98. The minimum atomic E-state index is -0.0905. The molecule has 1 amide bonds. The monoisotopic (exact) mass is 424 g/mol. The summed E-state index contributed by atoms with van der Waals surface area (Å²) in [5.41, 5.74) is 1.66. The highest BCUT2D eigenvalue weighted by Crippen LogP contribution is 2.22. The number of aromatic nitrogens is 1. The van der Waals surface area contributed by atoms with E-state index in [1.165, 1.54) is 6.42 Å². The first-order chi connectivity index (χ1) is 15.3. The van der Waals surface area contributed by atoms with Gasteiger partial charge >= 0.3 is 0 Å². The summed E-state index contributed by atoms with van der Waals surface area (Å²) in [4.78, 5) is 22.0. The molecule has 31 heavy (non-hydrogen) atoms. The van der Waals surface area contributed by atoms with E-state index in [9.17, 15) is 4.79 Å². The van der Waals surface area contributed by atoms with Crippen LogP contribution in [0.2, 0.25) is 0 Å². The highest BCUT2D eigenvalue weighted by Gasteiger charge is 2.19. The van der Waals surface area contributed by atoms with E-state index in [1.807, 2.05) is 36.4 Å². The number of nitrogens with one attached hydrogen (secondary N) is 1. The van der Waals surface area contributed by atoms with Crippen LogP contribution in [-0.2, 0) is 11.3 Å². The fraction of sp³-hybridized carbons (Fsp3) is 0.500. The molecule has 2 aromatic rings. The van der Waals surface area contributed by atoms with E-state index in [4.69, 9.17) is 9.47 Å². The Balaban J connectivity index is 1.30. The largest absolute Gasteiger partial charge is 0.492 e. The molecular formula is C24H32N4O3. The van der Waals surface area contributed by atoms with Gasteiger partial charge in [-0.05, 0) is 49.1 Å². The summed E-state index contributed by atoms with van der Waals surface area (Å²) in [6.45, 7) is 7.43. The molecule has 0 radical (unpaired) electrons. The third-order valence-corrected chi connectivity index (χ3v) is 5.82. The summed E-state index contributed by atoms with van der Waals surface area (Å²) in [6.07, 6.45) is 5.31. The summed E-state index contributed by atoms with van der Waals surface area (Å²) in [5.74, 6) is 1.53. The second kappa shape index (κ2) is 11.1. The van der Waals surface area contributed by atoms with Crippen LogP contribution in [0.4, 0.5) is 5.82 Å². The maximum Gasteiger partial charge on any atom is 0.255 e. The number of anilines is 1. The van der Waals surface area contributed by atoms with Gasteiger partial charge in [-0.15, -0.1) is 0 Å². The molecule has 0 aliphatic carbocycles. The molecule has 7 heteroatoms. The zero-order valence-corrected chi connectivity index (χ0v) is 18.1. The standard InChI is InChI=1S/C24H32N4O3/c29-24(22-8-5-9-25-23(22)28-10-2-1-3-11-28)26-19-20-6-4-7-21(18-20)31-17-14-27-12-15-30-16-13-27/h4-9,18H,1-3,10-17,19H2,(H,26,29). The summed E-state index contributed by atoms with van der Waals surface area (Å²) >= 11 is 0. The van der Waals surface area contributed by atoms with Crippen molar-refractivity contribution in [1.29, 1.82) is 0 Å². The molecule has 0 bridgehead atoms. The number of pyridine rings is 1. The number of piperidine rings is 1. The average molecular weight is 425 g/mol. The van der Waals surface area contributed by atoms with Crippen LogP contribution in [0.25, 0.3) is 0 Å². The minimum absolute atomic E-state index is 0.0905. The van der Waals surface area contributed by atoms with Crippen molar-refractivity contribution in [3.05, 3.63) is 53.7 Å². The van der Waals surface area contributed by atoms with Crippen LogP contribution in [-0.4, -0.2) is 68.3 Å². The van der Waals surface area contributed by atoms with Crippen LogP contribution >= 0.6 is 0 Å². The minimum Gasteiger partial charge on any atom is -0.492 e. The number of amides is 1. The average Bonchev–Trinajstić information content (AvgIpc) is 2.84. The molecule has 1 aromatic heterocycles. The third kappa shape index (κ3) is 6.18. The Labute approximate surface area is 184 Å². The van der Waals surface area contributed by atoms with Gasteiger partial charge in [0.2, 0.25) is 0 Å². The number of rotatable bonds is 8.